The average molecular weight is 424 g/mol. The van der Waals surface area contributed by atoms with E-state index in [0.717, 1.165) is 22.0 Å². The summed E-state index contributed by atoms with van der Waals surface area (Å²) in [4.78, 5) is 32.0. The first-order chi connectivity index (χ1) is 15.5. The second-order valence-corrected chi connectivity index (χ2v) is 7.89. The highest BCUT2D eigenvalue weighted by Crippen LogP contribution is 2.34. The molecule has 0 fully saturated rings. The molecule has 160 valence electrons. The maximum atomic E-state index is 13.8. The predicted octanol–water partition coefficient (Wildman–Crippen LogP) is 5.53. The molecule has 4 rings (SSSR count). The van der Waals surface area contributed by atoms with Gasteiger partial charge in [-0.1, -0.05) is 78.9 Å². The fourth-order valence-electron chi connectivity index (χ4n) is 3.99. The normalized spacial score (nSPS) is 12.8. The minimum absolute atomic E-state index is 0.179. The highest BCUT2D eigenvalue weighted by atomic mass is 16.5. The van der Waals surface area contributed by atoms with E-state index in [1.54, 1.807) is 38.1 Å². The Morgan fingerprint density at radius 2 is 1.50 bits per heavy atom. The molecule has 4 aromatic rings. The molecule has 0 aliphatic carbocycles. The van der Waals surface area contributed by atoms with Crippen LogP contribution in [-0.2, 0) is 21.4 Å². The maximum absolute atomic E-state index is 13.8. The van der Waals surface area contributed by atoms with Crippen molar-refractivity contribution in [2.45, 2.75) is 25.7 Å². The molecule has 0 saturated heterocycles. The van der Waals surface area contributed by atoms with Crippen LogP contribution in [0, 0.1) is 0 Å². The average Bonchev–Trinajstić information content (AvgIpc) is 2.84. The van der Waals surface area contributed by atoms with Crippen LogP contribution < -0.4 is 0 Å². The Kier molecular flexibility index (Phi) is 6.13. The lowest BCUT2D eigenvalue weighted by Crippen LogP contribution is -2.44. The zero-order valence-electron chi connectivity index (χ0n) is 18.2. The molecule has 0 bridgehead atoms. The van der Waals surface area contributed by atoms with Gasteiger partial charge in [-0.25, -0.2) is 0 Å². The van der Waals surface area contributed by atoms with Crippen molar-refractivity contribution in [3.05, 3.63) is 113 Å². The van der Waals surface area contributed by atoms with Gasteiger partial charge in [-0.2, -0.15) is 0 Å². The molecule has 1 unspecified atom stereocenters. The lowest BCUT2D eigenvalue weighted by atomic mass is 9.76. The SMILES string of the molecule is CCOC(=O)C(C)(C(=O)c1ccccc1)c1nc2ccccc2cc1Cc1ccccc1. The zero-order chi connectivity index (χ0) is 22.6. The molecule has 0 amide bonds. The molecule has 32 heavy (non-hydrogen) atoms. The number of carbonyl (C=O) groups is 2. The van der Waals surface area contributed by atoms with E-state index >= 15 is 0 Å². The van der Waals surface area contributed by atoms with Gasteiger partial charge in [0.05, 0.1) is 17.8 Å². The van der Waals surface area contributed by atoms with Crippen LogP contribution in [0.2, 0.25) is 0 Å². The quantitative estimate of drug-likeness (QED) is 0.223. The Balaban J connectivity index is 1.95. The third kappa shape index (κ3) is 4.04. The first-order valence-corrected chi connectivity index (χ1v) is 10.7. The Bertz CT molecular complexity index is 1250. The molecule has 0 aliphatic rings. The molecule has 0 aliphatic heterocycles. The summed E-state index contributed by atoms with van der Waals surface area (Å²) in [5.41, 5.74) is 1.94. The Morgan fingerprint density at radius 3 is 2.19 bits per heavy atom. The standard InChI is InChI=1S/C28H25NO3/c1-3-32-27(31)28(2,26(30)21-14-8-5-9-15-21)25-23(18-20-12-6-4-7-13-20)19-22-16-10-11-17-24(22)29-25/h4-17,19H,3,18H2,1-2H3. The summed E-state index contributed by atoms with van der Waals surface area (Å²) in [5.74, 6) is -0.917. The van der Waals surface area contributed by atoms with Gasteiger partial charge in [-0.05, 0) is 43.5 Å². The summed E-state index contributed by atoms with van der Waals surface area (Å²) in [6.45, 7) is 3.55. The highest BCUT2D eigenvalue weighted by Gasteiger charge is 2.47. The first kappa shape index (κ1) is 21.4. The van der Waals surface area contributed by atoms with E-state index in [1.165, 1.54) is 0 Å². The van der Waals surface area contributed by atoms with Gasteiger partial charge in [0.2, 0.25) is 0 Å². The van der Waals surface area contributed by atoms with Crippen LogP contribution in [-0.4, -0.2) is 23.3 Å². The Morgan fingerprint density at radius 1 is 0.875 bits per heavy atom. The summed E-state index contributed by atoms with van der Waals surface area (Å²) < 4.78 is 5.42. The van der Waals surface area contributed by atoms with Crippen LogP contribution in [0.1, 0.15) is 41.0 Å². The molecule has 1 heterocycles. The molecule has 0 N–H and O–H groups in total. The van der Waals surface area contributed by atoms with Gasteiger partial charge in [0.15, 0.2) is 11.2 Å². The third-order valence-electron chi connectivity index (χ3n) is 5.69. The molecule has 0 radical (unpaired) electrons. The fraction of sp³-hybridized carbons (Fsp3) is 0.179. The Hall–Kier alpha value is -3.79. The van der Waals surface area contributed by atoms with Gasteiger partial charge in [0.1, 0.15) is 0 Å². The van der Waals surface area contributed by atoms with Gasteiger partial charge in [-0.3, -0.25) is 14.6 Å². The van der Waals surface area contributed by atoms with Crippen molar-refractivity contribution in [1.82, 2.24) is 4.98 Å². The van der Waals surface area contributed by atoms with Crippen LogP contribution in [0.4, 0.5) is 0 Å². The number of hydrogen-bond donors (Lipinski definition) is 0. The number of hydrogen-bond acceptors (Lipinski definition) is 4. The summed E-state index contributed by atoms with van der Waals surface area (Å²) in [5, 5.41) is 0.959. The number of fused-ring (bicyclic) bond motifs is 1. The number of aromatic nitrogens is 1. The van der Waals surface area contributed by atoms with E-state index in [9.17, 15) is 9.59 Å². The summed E-state index contributed by atoms with van der Waals surface area (Å²) in [6.07, 6.45) is 0.547. The number of Topliss-reactive ketones (excluding diaryl/α,β-unsaturated/α-hetero) is 1. The minimum atomic E-state index is -1.58. The van der Waals surface area contributed by atoms with Crippen molar-refractivity contribution < 1.29 is 14.3 Å². The van der Waals surface area contributed by atoms with Gasteiger partial charge >= 0.3 is 5.97 Å². The number of nitrogens with zero attached hydrogens (tertiary/aromatic N) is 1. The maximum Gasteiger partial charge on any atom is 0.325 e. The monoisotopic (exact) mass is 423 g/mol. The van der Waals surface area contributed by atoms with Gasteiger partial charge in [0.25, 0.3) is 0 Å². The number of para-hydroxylation sites is 1. The lowest BCUT2D eigenvalue weighted by Gasteiger charge is -2.28. The molecule has 1 aromatic heterocycles. The third-order valence-corrected chi connectivity index (χ3v) is 5.69. The number of ether oxygens (including phenoxy) is 1. The Labute approximate surface area is 187 Å². The molecule has 1 atom stereocenters. The van der Waals surface area contributed by atoms with Gasteiger partial charge < -0.3 is 4.74 Å². The van der Waals surface area contributed by atoms with Crippen LogP contribution in [0.3, 0.4) is 0 Å². The van der Waals surface area contributed by atoms with Crippen molar-refractivity contribution in [3.63, 3.8) is 0 Å². The number of rotatable bonds is 7. The molecule has 4 nitrogen and oxygen atoms in total. The zero-order valence-corrected chi connectivity index (χ0v) is 18.2. The molecule has 3 aromatic carbocycles. The summed E-state index contributed by atoms with van der Waals surface area (Å²) >= 11 is 0. The van der Waals surface area contributed by atoms with E-state index in [2.05, 4.69) is 0 Å². The molecule has 0 spiro atoms. The summed E-state index contributed by atoms with van der Waals surface area (Å²) in [7, 11) is 0. The minimum Gasteiger partial charge on any atom is -0.465 e. The van der Waals surface area contributed by atoms with Crippen molar-refractivity contribution in [3.8, 4) is 0 Å². The molecule has 0 saturated carbocycles. The smallest absolute Gasteiger partial charge is 0.325 e. The van der Waals surface area contributed by atoms with E-state index < -0.39 is 11.4 Å². The van der Waals surface area contributed by atoms with E-state index in [4.69, 9.17) is 9.72 Å². The number of carbonyl (C=O) groups excluding carboxylic acids is 2. The topological polar surface area (TPSA) is 56.3 Å². The number of ketones is 1. The summed E-state index contributed by atoms with van der Waals surface area (Å²) in [6, 6.07) is 28.6. The van der Waals surface area contributed by atoms with Crippen molar-refractivity contribution in [2.75, 3.05) is 6.61 Å². The van der Waals surface area contributed by atoms with E-state index in [1.807, 2.05) is 66.7 Å². The predicted molar refractivity (Wildman–Crippen MR) is 126 cm³/mol. The van der Waals surface area contributed by atoms with Crippen molar-refractivity contribution in [1.29, 1.82) is 0 Å². The van der Waals surface area contributed by atoms with Crippen LogP contribution in [0.15, 0.2) is 91.0 Å². The lowest BCUT2D eigenvalue weighted by molar-refractivity contribution is -0.147. The molecular formula is C28H25NO3. The van der Waals surface area contributed by atoms with E-state index in [-0.39, 0.29) is 12.4 Å². The molecular weight excluding hydrogens is 398 g/mol. The molecule has 4 heteroatoms. The fourth-order valence-corrected chi connectivity index (χ4v) is 3.99. The first-order valence-electron chi connectivity index (χ1n) is 10.7. The van der Waals surface area contributed by atoms with Crippen LogP contribution in [0.5, 0.6) is 0 Å². The van der Waals surface area contributed by atoms with Crippen molar-refractivity contribution >= 4 is 22.7 Å². The number of pyridine rings is 1. The highest BCUT2D eigenvalue weighted by molar-refractivity contribution is 6.17. The van der Waals surface area contributed by atoms with Gasteiger partial charge in [-0.15, -0.1) is 0 Å². The second-order valence-electron chi connectivity index (χ2n) is 7.89. The second kappa shape index (κ2) is 9.15. The largest absolute Gasteiger partial charge is 0.465 e. The van der Waals surface area contributed by atoms with Gasteiger partial charge in [0, 0.05) is 10.9 Å². The van der Waals surface area contributed by atoms with E-state index in [0.29, 0.717) is 17.7 Å². The number of benzene rings is 3. The van der Waals surface area contributed by atoms with Crippen LogP contribution >= 0.6 is 0 Å². The van der Waals surface area contributed by atoms with Crippen LogP contribution in [0.25, 0.3) is 10.9 Å². The number of esters is 1. The van der Waals surface area contributed by atoms with Crippen molar-refractivity contribution in [2.24, 2.45) is 0 Å².